The van der Waals surface area contributed by atoms with Crippen molar-refractivity contribution in [2.24, 2.45) is 0 Å². The number of rotatable bonds is 5. The van der Waals surface area contributed by atoms with Gasteiger partial charge in [0, 0.05) is 30.1 Å². The molecule has 1 aliphatic rings. The maximum Gasteiger partial charge on any atom is 0.328 e. The Morgan fingerprint density at radius 2 is 2.40 bits per heavy atom. The van der Waals surface area contributed by atoms with Crippen molar-refractivity contribution in [2.45, 2.75) is 25.4 Å². The lowest BCUT2D eigenvalue weighted by Crippen LogP contribution is -2.44. The zero-order valence-corrected chi connectivity index (χ0v) is 12.9. The smallest absolute Gasteiger partial charge is 0.328 e. The fraction of sp³-hybridized carbons (Fsp3) is 0.533. The van der Waals surface area contributed by atoms with Crippen LogP contribution in [0.3, 0.4) is 0 Å². The van der Waals surface area contributed by atoms with Crippen molar-refractivity contribution in [2.75, 3.05) is 27.2 Å². The third-order valence-electron chi connectivity index (χ3n) is 3.76. The van der Waals surface area contributed by atoms with E-state index >= 15 is 0 Å². The molecule has 1 atom stereocenters. The number of thiophene rings is 1. The van der Waals surface area contributed by atoms with Crippen LogP contribution in [-0.2, 0) is 11.3 Å². The van der Waals surface area contributed by atoms with Gasteiger partial charge in [-0.1, -0.05) is 0 Å². The van der Waals surface area contributed by atoms with Crippen LogP contribution in [0, 0.1) is 0 Å². The summed E-state index contributed by atoms with van der Waals surface area (Å²) >= 11 is 1.71. The lowest BCUT2D eigenvalue weighted by atomic mass is 10.0. The third-order valence-corrected chi connectivity index (χ3v) is 4.68. The van der Waals surface area contributed by atoms with Gasteiger partial charge in [0.1, 0.15) is 0 Å². The van der Waals surface area contributed by atoms with Crippen molar-refractivity contribution in [3.8, 4) is 0 Å². The summed E-state index contributed by atoms with van der Waals surface area (Å²) in [7, 11) is 4.28. The molecular weight excluding hydrogens is 272 g/mol. The average molecular weight is 294 g/mol. The minimum absolute atomic E-state index is 0.627. The Balaban J connectivity index is 1.99. The van der Waals surface area contributed by atoms with Crippen LogP contribution >= 0.6 is 11.3 Å². The monoisotopic (exact) mass is 294 g/mol. The molecule has 1 aliphatic heterocycles. The van der Waals surface area contributed by atoms with Crippen molar-refractivity contribution < 1.29 is 9.90 Å². The summed E-state index contributed by atoms with van der Waals surface area (Å²) in [4.78, 5) is 16.6. The van der Waals surface area contributed by atoms with Crippen LogP contribution in [0.25, 0.3) is 6.08 Å². The molecule has 2 rings (SSSR count). The molecule has 0 bridgehead atoms. The van der Waals surface area contributed by atoms with Crippen LogP contribution in [0.5, 0.6) is 0 Å². The molecule has 0 amide bonds. The zero-order chi connectivity index (χ0) is 14.5. The predicted molar refractivity (Wildman–Crippen MR) is 83.0 cm³/mol. The lowest BCUT2D eigenvalue weighted by molar-refractivity contribution is -0.131. The first kappa shape index (κ1) is 15.2. The second-order valence-electron chi connectivity index (χ2n) is 5.47. The number of nitrogens with zero attached hydrogens (tertiary/aromatic N) is 2. The highest BCUT2D eigenvalue weighted by atomic mass is 32.1. The molecule has 0 saturated carbocycles. The van der Waals surface area contributed by atoms with Gasteiger partial charge in [-0.05, 0) is 56.6 Å². The molecule has 0 radical (unpaired) electrons. The predicted octanol–water partition coefficient (Wildman–Crippen LogP) is 2.37. The molecule has 110 valence electrons. The summed E-state index contributed by atoms with van der Waals surface area (Å²) in [6.07, 6.45) is 5.40. The van der Waals surface area contributed by atoms with Gasteiger partial charge in [0.15, 0.2) is 0 Å². The molecule has 2 heterocycles. The molecule has 1 aromatic heterocycles. The molecule has 0 aromatic carbocycles. The number of aliphatic carboxylic acids is 1. The highest BCUT2D eigenvalue weighted by molar-refractivity contribution is 7.10. The number of hydrogen-bond acceptors (Lipinski definition) is 4. The quantitative estimate of drug-likeness (QED) is 0.847. The summed E-state index contributed by atoms with van der Waals surface area (Å²) in [5.74, 6) is -0.896. The number of carboxylic acids is 1. The van der Waals surface area contributed by atoms with E-state index in [0.29, 0.717) is 6.04 Å². The van der Waals surface area contributed by atoms with E-state index in [2.05, 4.69) is 23.9 Å². The topological polar surface area (TPSA) is 43.8 Å². The summed E-state index contributed by atoms with van der Waals surface area (Å²) in [5.41, 5.74) is 1.03. The minimum atomic E-state index is -0.896. The number of hydrogen-bond donors (Lipinski definition) is 1. The van der Waals surface area contributed by atoms with E-state index in [1.54, 1.807) is 17.4 Å². The SMILES string of the molecule is CN(C)C1CCCN(Cc2sccc2C=CC(=O)O)C1. The van der Waals surface area contributed by atoms with Crippen LogP contribution in [0.2, 0.25) is 0 Å². The summed E-state index contributed by atoms with van der Waals surface area (Å²) < 4.78 is 0. The molecule has 4 nitrogen and oxygen atoms in total. The second-order valence-corrected chi connectivity index (χ2v) is 6.47. The minimum Gasteiger partial charge on any atom is -0.478 e. The van der Waals surface area contributed by atoms with Crippen LogP contribution in [-0.4, -0.2) is 54.1 Å². The van der Waals surface area contributed by atoms with Gasteiger partial charge in [0.25, 0.3) is 0 Å². The van der Waals surface area contributed by atoms with E-state index in [0.717, 1.165) is 25.2 Å². The van der Waals surface area contributed by atoms with Gasteiger partial charge in [-0.3, -0.25) is 4.90 Å². The van der Waals surface area contributed by atoms with Gasteiger partial charge in [-0.25, -0.2) is 4.79 Å². The first-order valence-corrected chi connectivity index (χ1v) is 7.80. The molecule has 0 aliphatic carbocycles. The van der Waals surface area contributed by atoms with Crippen molar-refractivity contribution >= 4 is 23.4 Å². The molecule has 1 unspecified atom stereocenters. The molecule has 1 aromatic rings. The van der Waals surface area contributed by atoms with Gasteiger partial charge in [-0.15, -0.1) is 11.3 Å². The Hall–Kier alpha value is -1.17. The van der Waals surface area contributed by atoms with E-state index in [-0.39, 0.29) is 0 Å². The van der Waals surface area contributed by atoms with Crippen LogP contribution < -0.4 is 0 Å². The van der Waals surface area contributed by atoms with Gasteiger partial charge in [0.2, 0.25) is 0 Å². The fourth-order valence-electron chi connectivity index (χ4n) is 2.59. The van der Waals surface area contributed by atoms with Gasteiger partial charge in [0.05, 0.1) is 0 Å². The first-order chi connectivity index (χ1) is 9.56. The standard InChI is InChI=1S/C15H22N2O2S/c1-16(2)13-4-3-8-17(10-13)11-14-12(7-9-20-14)5-6-15(18)19/h5-7,9,13H,3-4,8,10-11H2,1-2H3,(H,18,19). The highest BCUT2D eigenvalue weighted by Crippen LogP contribution is 2.23. The number of likely N-dealkylation sites (tertiary alicyclic amines) is 1. The van der Waals surface area contributed by atoms with Crippen molar-refractivity contribution in [3.63, 3.8) is 0 Å². The fourth-order valence-corrected chi connectivity index (χ4v) is 3.50. The second kappa shape index (κ2) is 7.02. The van der Waals surface area contributed by atoms with E-state index in [4.69, 9.17) is 5.11 Å². The van der Waals surface area contributed by atoms with Crippen LogP contribution in [0.4, 0.5) is 0 Å². The maximum atomic E-state index is 10.6. The molecule has 20 heavy (non-hydrogen) atoms. The Bertz CT molecular complexity index is 482. The number of piperidine rings is 1. The Kier molecular flexibility index (Phi) is 5.34. The molecule has 1 fully saturated rings. The highest BCUT2D eigenvalue weighted by Gasteiger charge is 2.21. The lowest BCUT2D eigenvalue weighted by Gasteiger charge is -2.36. The Morgan fingerprint density at radius 3 is 3.10 bits per heavy atom. The summed E-state index contributed by atoms with van der Waals surface area (Å²) in [6.45, 7) is 3.14. The van der Waals surface area contributed by atoms with Crippen molar-refractivity contribution in [1.82, 2.24) is 9.80 Å². The number of likely N-dealkylation sites (N-methyl/N-ethyl adjacent to an activating group) is 1. The Morgan fingerprint density at radius 1 is 1.60 bits per heavy atom. The van der Waals surface area contributed by atoms with E-state index in [1.165, 1.54) is 23.8 Å². The summed E-state index contributed by atoms with van der Waals surface area (Å²) in [6, 6.07) is 2.62. The van der Waals surface area contributed by atoms with E-state index in [1.807, 2.05) is 11.4 Å². The Labute approximate surface area is 124 Å². The average Bonchev–Trinajstić information content (AvgIpc) is 2.84. The van der Waals surface area contributed by atoms with Crippen molar-refractivity contribution in [3.05, 3.63) is 28.0 Å². The molecule has 5 heteroatoms. The first-order valence-electron chi connectivity index (χ1n) is 6.92. The molecule has 1 saturated heterocycles. The normalized spacial score (nSPS) is 20.9. The third kappa shape index (κ3) is 4.16. The number of carboxylic acid groups (broad SMARTS) is 1. The van der Waals surface area contributed by atoms with Gasteiger partial charge < -0.3 is 10.0 Å². The molecular formula is C15H22N2O2S. The van der Waals surface area contributed by atoms with E-state index < -0.39 is 5.97 Å². The number of carbonyl (C=O) groups is 1. The molecule has 1 N–H and O–H groups in total. The van der Waals surface area contributed by atoms with Gasteiger partial charge >= 0.3 is 5.97 Å². The summed E-state index contributed by atoms with van der Waals surface area (Å²) in [5, 5.41) is 10.8. The zero-order valence-electron chi connectivity index (χ0n) is 12.1. The van der Waals surface area contributed by atoms with Crippen LogP contribution in [0.15, 0.2) is 17.5 Å². The van der Waals surface area contributed by atoms with Crippen molar-refractivity contribution in [1.29, 1.82) is 0 Å². The largest absolute Gasteiger partial charge is 0.478 e. The van der Waals surface area contributed by atoms with E-state index in [9.17, 15) is 4.79 Å². The maximum absolute atomic E-state index is 10.6. The van der Waals surface area contributed by atoms with Gasteiger partial charge in [-0.2, -0.15) is 0 Å². The van der Waals surface area contributed by atoms with Crippen LogP contribution in [0.1, 0.15) is 23.3 Å². The molecule has 0 spiro atoms.